The van der Waals surface area contributed by atoms with E-state index in [0.29, 0.717) is 11.5 Å². The molecule has 15 heavy (non-hydrogen) atoms. The zero-order valence-electron chi connectivity index (χ0n) is 7.57. The van der Waals surface area contributed by atoms with Crippen LogP contribution in [0.2, 0.25) is 0 Å². The van der Waals surface area contributed by atoms with Crippen LogP contribution in [0.5, 0.6) is 0 Å². The molecule has 0 amide bonds. The average molecular weight is 205 g/mol. The number of nitrogens with zero attached hydrogens (tertiary/aromatic N) is 4. The minimum atomic E-state index is -0.513. The van der Waals surface area contributed by atoms with E-state index in [0.717, 1.165) is 6.20 Å². The van der Waals surface area contributed by atoms with E-state index in [1.165, 1.54) is 17.1 Å². The Labute approximate surface area is 84.3 Å². The Morgan fingerprint density at radius 2 is 2.20 bits per heavy atom. The summed E-state index contributed by atoms with van der Waals surface area (Å²) >= 11 is 0. The molecule has 0 unspecified atom stereocenters. The van der Waals surface area contributed by atoms with Crippen molar-refractivity contribution in [2.75, 3.05) is 5.73 Å². The van der Waals surface area contributed by atoms with Gasteiger partial charge in [0.1, 0.15) is 12.4 Å². The number of hydrogen-bond donors (Lipinski definition) is 1. The van der Waals surface area contributed by atoms with Crippen LogP contribution in [0.3, 0.4) is 0 Å². The first kappa shape index (κ1) is 9.13. The topological polar surface area (TPSA) is 99.9 Å². The summed E-state index contributed by atoms with van der Waals surface area (Å²) < 4.78 is 1.32. The van der Waals surface area contributed by atoms with E-state index < -0.39 is 4.92 Å². The fourth-order valence-electron chi connectivity index (χ4n) is 1.07. The van der Waals surface area contributed by atoms with Crippen LogP contribution in [0, 0.1) is 10.1 Å². The Kier molecular flexibility index (Phi) is 2.05. The molecule has 2 N–H and O–H groups in total. The Bertz CT molecular complexity index is 490. The van der Waals surface area contributed by atoms with Gasteiger partial charge >= 0.3 is 5.69 Å². The summed E-state index contributed by atoms with van der Waals surface area (Å²) in [5.74, 6) is 0.484. The predicted molar refractivity (Wildman–Crippen MR) is 52.4 cm³/mol. The molecule has 0 aliphatic carbocycles. The molecular formula is C8H7N5O2. The van der Waals surface area contributed by atoms with Gasteiger partial charge in [0.25, 0.3) is 0 Å². The van der Waals surface area contributed by atoms with Gasteiger partial charge in [0.05, 0.1) is 16.8 Å². The first-order valence-corrected chi connectivity index (χ1v) is 4.08. The Morgan fingerprint density at radius 3 is 2.73 bits per heavy atom. The monoisotopic (exact) mass is 205 g/mol. The lowest BCUT2D eigenvalue weighted by molar-refractivity contribution is -0.384. The Morgan fingerprint density at radius 1 is 1.40 bits per heavy atom. The normalized spacial score (nSPS) is 10.1. The summed E-state index contributed by atoms with van der Waals surface area (Å²) in [6, 6.07) is 3.28. The number of nitro groups is 1. The van der Waals surface area contributed by atoms with E-state index in [1.807, 2.05) is 0 Å². The lowest BCUT2D eigenvalue weighted by Gasteiger charge is -1.98. The molecule has 2 aromatic heterocycles. The molecule has 0 aliphatic heterocycles. The van der Waals surface area contributed by atoms with E-state index in [9.17, 15) is 10.1 Å². The molecule has 0 saturated carbocycles. The van der Waals surface area contributed by atoms with Crippen molar-refractivity contribution in [3.05, 3.63) is 40.8 Å². The number of pyridine rings is 1. The van der Waals surface area contributed by atoms with Gasteiger partial charge in [-0.1, -0.05) is 0 Å². The summed E-state index contributed by atoms with van der Waals surface area (Å²) in [4.78, 5) is 13.9. The lowest BCUT2D eigenvalue weighted by Crippen LogP contribution is -1.98. The fourth-order valence-corrected chi connectivity index (χ4v) is 1.07. The molecule has 0 spiro atoms. The van der Waals surface area contributed by atoms with Crippen LogP contribution in [0.4, 0.5) is 11.4 Å². The highest BCUT2D eigenvalue weighted by molar-refractivity contribution is 5.39. The fraction of sp³-hybridized carbons (Fsp3) is 0. The standard InChI is InChI=1S/C8H7N5O2/c9-6-1-2-8(10-3-6)12-5-7(4-11-12)13(14)15/h1-5H,9H2. The number of aromatic nitrogens is 3. The zero-order valence-corrected chi connectivity index (χ0v) is 7.57. The van der Waals surface area contributed by atoms with Gasteiger partial charge in [0, 0.05) is 0 Å². The third kappa shape index (κ3) is 1.75. The summed E-state index contributed by atoms with van der Waals surface area (Å²) in [5.41, 5.74) is 5.91. The van der Waals surface area contributed by atoms with Gasteiger partial charge in [-0.2, -0.15) is 5.10 Å². The number of hydrogen-bond acceptors (Lipinski definition) is 5. The quantitative estimate of drug-likeness (QED) is 0.576. The first-order chi connectivity index (χ1) is 7.16. The number of rotatable bonds is 2. The summed E-state index contributed by atoms with van der Waals surface area (Å²) in [6.07, 6.45) is 3.92. The molecule has 2 rings (SSSR count). The molecule has 76 valence electrons. The molecular weight excluding hydrogens is 198 g/mol. The smallest absolute Gasteiger partial charge is 0.307 e. The van der Waals surface area contributed by atoms with Crippen LogP contribution < -0.4 is 5.73 Å². The molecule has 7 heteroatoms. The SMILES string of the molecule is Nc1ccc(-n2cc([N+](=O)[O-])cn2)nc1. The minimum Gasteiger partial charge on any atom is -0.397 e. The van der Waals surface area contributed by atoms with Gasteiger partial charge in [-0.05, 0) is 12.1 Å². The summed E-state index contributed by atoms with van der Waals surface area (Å²) in [6.45, 7) is 0. The zero-order chi connectivity index (χ0) is 10.8. The highest BCUT2D eigenvalue weighted by Crippen LogP contribution is 2.12. The predicted octanol–water partition coefficient (Wildman–Crippen LogP) is 0.758. The molecule has 0 aromatic carbocycles. The van der Waals surface area contributed by atoms with E-state index in [4.69, 9.17) is 5.73 Å². The molecule has 0 aliphatic rings. The molecule has 0 radical (unpaired) electrons. The molecule has 2 heterocycles. The van der Waals surface area contributed by atoms with Crippen LogP contribution in [0.1, 0.15) is 0 Å². The van der Waals surface area contributed by atoms with Gasteiger partial charge in [-0.25, -0.2) is 9.67 Å². The van der Waals surface area contributed by atoms with Crippen molar-refractivity contribution in [3.63, 3.8) is 0 Å². The maximum Gasteiger partial charge on any atom is 0.307 e. The molecule has 7 nitrogen and oxygen atoms in total. The van der Waals surface area contributed by atoms with Crippen molar-refractivity contribution in [1.29, 1.82) is 0 Å². The molecule has 0 fully saturated rings. The third-order valence-corrected chi connectivity index (χ3v) is 1.79. The van der Waals surface area contributed by atoms with Gasteiger partial charge < -0.3 is 5.73 Å². The van der Waals surface area contributed by atoms with Crippen molar-refractivity contribution in [3.8, 4) is 5.82 Å². The summed E-state index contributed by atoms with van der Waals surface area (Å²) in [7, 11) is 0. The largest absolute Gasteiger partial charge is 0.397 e. The minimum absolute atomic E-state index is 0.0753. The number of anilines is 1. The Balaban J connectivity index is 2.37. The van der Waals surface area contributed by atoms with E-state index >= 15 is 0 Å². The maximum absolute atomic E-state index is 10.4. The van der Waals surface area contributed by atoms with Crippen LogP contribution in [-0.2, 0) is 0 Å². The molecule has 0 bridgehead atoms. The first-order valence-electron chi connectivity index (χ1n) is 4.08. The van der Waals surface area contributed by atoms with Gasteiger partial charge in [-0.3, -0.25) is 10.1 Å². The van der Waals surface area contributed by atoms with E-state index in [2.05, 4.69) is 10.1 Å². The second-order valence-corrected chi connectivity index (χ2v) is 2.85. The van der Waals surface area contributed by atoms with Crippen LogP contribution in [0.15, 0.2) is 30.7 Å². The highest BCUT2D eigenvalue weighted by atomic mass is 16.6. The molecule has 0 atom stereocenters. The van der Waals surface area contributed by atoms with Gasteiger partial charge in [0.15, 0.2) is 5.82 Å². The second kappa shape index (κ2) is 3.37. The van der Waals surface area contributed by atoms with E-state index in [1.54, 1.807) is 12.1 Å². The van der Waals surface area contributed by atoms with Crippen LogP contribution >= 0.6 is 0 Å². The van der Waals surface area contributed by atoms with E-state index in [-0.39, 0.29) is 5.69 Å². The van der Waals surface area contributed by atoms with Crippen molar-refractivity contribution in [1.82, 2.24) is 14.8 Å². The van der Waals surface area contributed by atoms with Crippen LogP contribution in [0.25, 0.3) is 5.82 Å². The average Bonchev–Trinajstić information content (AvgIpc) is 2.68. The van der Waals surface area contributed by atoms with Crippen molar-refractivity contribution < 1.29 is 4.92 Å². The number of nitrogens with two attached hydrogens (primary N) is 1. The van der Waals surface area contributed by atoms with Gasteiger partial charge in [-0.15, -0.1) is 0 Å². The van der Waals surface area contributed by atoms with Gasteiger partial charge in [0.2, 0.25) is 0 Å². The van der Waals surface area contributed by atoms with Crippen molar-refractivity contribution in [2.45, 2.75) is 0 Å². The Hall–Kier alpha value is -2.44. The maximum atomic E-state index is 10.4. The lowest BCUT2D eigenvalue weighted by atomic mass is 10.4. The number of nitrogen functional groups attached to an aromatic ring is 1. The van der Waals surface area contributed by atoms with Crippen molar-refractivity contribution >= 4 is 11.4 Å². The van der Waals surface area contributed by atoms with Crippen molar-refractivity contribution in [2.24, 2.45) is 0 Å². The third-order valence-electron chi connectivity index (χ3n) is 1.79. The summed E-state index contributed by atoms with van der Waals surface area (Å²) in [5, 5.41) is 14.2. The van der Waals surface area contributed by atoms with Crippen LogP contribution in [-0.4, -0.2) is 19.7 Å². The molecule has 2 aromatic rings. The highest BCUT2D eigenvalue weighted by Gasteiger charge is 2.09. The molecule has 0 saturated heterocycles. The second-order valence-electron chi connectivity index (χ2n) is 2.85.